The van der Waals surface area contributed by atoms with Crippen molar-refractivity contribution in [3.8, 4) is 16.4 Å². The lowest BCUT2D eigenvalue weighted by Gasteiger charge is -2.23. The van der Waals surface area contributed by atoms with Crippen molar-refractivity contribution in [2.45, 2.75) is 25.0 Å². The number of aromatic nitrogens is 4. The van der Waals surface area contributed by atoms with E-state index in [1.54, 1.807) is 23.8 Å². The van der Waals surface area contributed by atoms with Crippen molar-refractivity contribution in [1.29, 1.82) is 0 Å². The standard InChI is InChI=1S/C21H13F6N5O2S2/c1-11-8-17(31-6-4-15(30-31)19-28-5-7-35-19)13-10-36(33,34)32(18(13)29-11)16-3-2-12(20(22,23)24)9-14(16)21(25,26)27/h2-9H,10H2,1H3. The molecule has 0 atom stereocenters. The van der Waals surface area contributed by atoms with Crippen molar-refractivity contribution < 1.29 is 34.8 Å². The lowest BCUT2D eigenvalue weighted by Crippen LogP contribution is -2.25. The van der Waals surface area contributed by atoms with Crippen molar-refractivity contribution in [1.82, 2.24) is 19.7 Å². The van der Waals surface area contributed by atoms with Crippen LogP contribution >= 0.6 is 11.3 Å². The summed E-state index contributed by atoms with van der Waals surface area (Å²) < 4.78 is 109. The molecule has 0 fully saturated rings. The number of hydrogen-bond donors (Lipinski definition) is 0. The number of halogens is 6. The van der Waals surface area contributed by atoms with Gasteiger partial charge < -0.3 is 0 Å². The molecule has 0 radical (unpaired) electrons. The van der Waals surface area contributed by atoms with E-state index in [1.807, 2.05) is 0 Å². The summed E-state index contributed by atoms with van der Waals surface area (Å²) in [6.07, 6.45) is -7.20. The Morgan fingerprint density at radius 1 is 1.00 bits per heavy atom. The first kappa shape index (κ1) is 24.2. The first-order valence-corrected chi connectivity index (χ1v) is 12.5. The number of aryl methyl sites for hydroxylation is 1. The van der Waals surface area contributed by atoms with E-state index in [-0.39, 0.29) is 28.8 Å². The van der Waals surface area contributed by atoms with Crippen LogP contribution in [0, 0.1) is 6.92 Å². The summed E-state index contributed by atoms with van der Waals surface area (Å²) in [5.74, 6) is -1.06. The molecule has 0 aliphatic carbocycles. The molecule has 1 aromatic carbocycles. The Bertz CT molecular complexity index is 1580. The Morgan fingerprint density at radius 2 is 1.75 bits per heavy atom. The summed E-state index contributed by atoms with van der Waals surface area (Å²) in [7, 11) is -4.48. The van der Waals surface area contributed by atoms with Crippen LogP contribution in [0.3, 0.4) is 0 Å². The Morgan fingerprint density at radius 3 is 2.39 bits per heavy atom. The number of nitrogens with zero attached hydrogens (tertiary/aromatic N) is 5. The highest BCUT2D eigenvalue weighted by Gasteiger charge is 2.45. The molecule has 4 heterocycles. The minimum absolute atomic E-state index is 0.0578. The summed E-state index contributed by atoms with van der Waals surface area (Å²) in [6, 6.07) is 3.96. The fourth-order valence-corrected chi connectivity index (χ4v) is 6.10. The Hall–Kier alpha value is -3.46. The van der Waals surface area contributed by atoms with Gasteiger partial charge in [-0.3, -0.25) is 0 Å². The van der Waals surface area contributed by atoms with E-state index >= 15 is 0 Å². The molecule has 1 aliphatic heterocycles. The molecule has 4 aromatic rings. The molecule has 0 bridgehead atoms. The van der Waals surface area contributed by atoms with Crippen LogP contribution in [0.2, 0.25) is 0 Å². The Labute approximate surface area is 203 Å². The van der Waals surface area contributed by atoms with E-state index in [1.165, 1.54) is 29.0 Å². The van der Waals surface area contributed by atoms with Gasteiger partial charge in [0.1, 0.15) is 16.5 Å². The summed E-state index contributed by atoms with van der Waals surface area (Å²) in [5, 5.41) is 6.75. The van der Waals surface area contributed by atoms with Gasteiger partial charge in [-0.15, -0.1) is 11.3 Å². The van der Waals surface area contributed by atoms with Crippen LogP contribution in [0.25, 0.3) is 16.4 Å². The maximum absolute atomic E-state index is 13.8. The van der Waals surface area contributed by atoms with Crippen LogP contribution in [0.4, 0.5) is 37.8 Å². The van der Waals surface area contributed by atoms with Gasteiger partial charge in [0.2, 0.25) is 10.0 Å². The number of benzene rings is 1. The maximum Gasteiger partial charge on any atom is 0.418 e. The van der Waals surface area contributed by atoms with E-state index in [9.17, 15) is 34.8 Å². The number of hydrogen-bond acceptors (Lipinski definition) is 6. The van der Waals surface area contributed by atoms with Crippen molar-refractivity contribution >= 4 is 32.9 Å². The van der Waals surface area contributed by atoms with Gasteiger partial charge in [0.25, 0.3) is 0 Å². The Balaban J connectivity index is 1.70. The SMILES string of the molecule is Cc1cc(-n2ccc(-c3nccs3)n2)c2c(n1)N(c1ccc(C(F)(F)F)cc1C(F)(F)F)S(=O)(=O)C2. The van der Waals surface area contributed by atoms with Gasteiger partial charge in [-0.2, -0.15) is 31.4 Å². The zero-order valence-electron chi connectivity index (χ0n) is 18.0. The number of anilines is 2. The smallest absolute Gasteiger partial charge is 0.243 e. The molecule has 1 aliphatic rings. The van der Waals surface area contributed by atoms with E-state index in [0.29, 0.717) is 27.1 Å². The summed E-state index contributed by atoms with van der Waals surface area (Å²) in [4.78, 5) is 8.31. The number of rotatable bonds is 3. The predicted octanol–water partition coefficient (Wildman–Crippen LogP) is 5.72. The lowest BCUT2D eigenvalue weighted by molar-refractivity contribution is -0.142. The lowest BCUT2D eigenvalue weighted by atomic mass is 10.1. The van der Waals surface area contributed by atoms with Gasteiger partial charge >= 0.3 is 12.4 Å². The van der Waals surface area contributed by atoms with E-state index in [2.05, 4.69) is 15.1 Å². The van der Waals surface area contributed by atoms with E-state index in [0.717, 1.165) is 0 Å². The number of sulfonamides is 1. The predicted molar refractivity (Wildman–Crippen MR) is 118 cm³/mol. The zero-order valence-corrected chi connectivity index (χ0v) is 19.6. The van der Waals surface area contributed by atoms with Gasteiger partial charge in [-0.25, -0.2) is 27.4 Å². The highest BCUT2D eigenvalue weighted by Crippen LogP contribution is 2.47. The average molecular weight is 545 g/mol. The fourth-order valence-electron chi connectivity index (χ4n) is 3.86. The second kappa shape index (κ2) is 8.03. The summed E-state index contributed by atoms with van der Waals surface area (Å²) >= 11 is 1.33. The largest absolute Gasteiger partial charge is 0.418 e. The number of alkyl halides is 6. The summed E-state index contributed by atoms with van der Waals surface area (Å²) in [5.41, 5.74) is -3.20. The molecule has 5 rings (SSSR count). The van der Waals surface area contributed by atoms with Gasteiger partial charge in [-0.1, -0.05) is 0 Å². The molecular formula is C21H13F6N5O2S2. The summed E-state index contributed by atoms with van der Waals surface area (Å²) in [6.45, 7) is 1.51. The molecule has 15 heteroatoms. The van der Waals surface area contributed by atoms with Crippen LogP contribution in [0.5, 0.6) is 0 Å². The van der Waals surface area contributed by atoms with Crippen LogP contribution in [-0.2, 0) is 28.1 Å². The molecular weight excluding hydrogens is 532 g/mol. The van der Waals surface area contributed by atoms with Crippen LogP contribution in [0.15, 0.2) is 48.1 Å². The average Bonchev–Trinajstić information content (AvgIpc) is 3.50. The van der Waals surface area contributed by atoms with E-state index in [4.69, 9.17) is 0 Å². The van der Waals surface area contributed by atoms with Crippen LogP contribution in [-0.4, -0.2) is 28.2 Å². The topological polar surface area (TPSA) is 81.0 Å². The molecule has 36 heavy (non-hydrogen) atoms. The van der Waals surface area contributed by atoms with Gasteiger partial charge in [0.15, 0.2) is 5.82 Å². The molecule has 7 nitrogen and oxygen atoms in total. The van der Waals surface area contributed by atoms with Crippen molar-refractivity contribution in [3.05, 3.63) is 70.5 Å². The first-order chi connectivity index (χ1) is 16.8. The highest BCUT2D eigenvalue weighted by atomic mass is 32.2. The second-order valence-electron chi connectivity index (χ2n) is 7.82. The molecule has 188 valence electrons. The molecule has 0 spiro atoms. The quantitative estimate of drug-likeness (QED) is 0.308. The van der Waals surface area contributed by atoms with Gasteiger partial charge in [0, 0.05) is 29.0 Å². The van der Waals surface area contributed by atoms with Crippen molar-refractivity contribution in [3.63, 3.8) is 0 Å². The Kier molecular flexibility index (Phi) is 5.41. The van der Waals surface area contributed by atoms with Crippen LogP contribution < -0.4 is 4.31 Å². The first-order valence-electron chi connectivity index (χ1n) is 10.0. The monoisotopic (exact) mass is 545 g/mol. The highest BCUT2D eigenvalue weighted by molar-refractivity contribution is 7.92. The number of fused-ring (bicyclic) bond motifs is 1. The second-order valence-corrected chi connectivity index (χ2v) is 10.5. The van der Waals surface area contributed by atoms with E-state index < -0.39 is 44.9 Å². The van der Waals surface area contributed by atoms with Crippen molar-refractivity contribution in [2.75, 3.05) is 4.31 Å². The third-order valence-electron chi connectivity index (χ3n) is 5.34. The molecule has 0 unspecified atom stereocenters. The van der Waals surface area contributed by atoms with Crippen molar-refractivity contribution in [2.24, 2.45) is 0 Å². The number of pyridine rings is 1. The third-order valence-corrected chi connectivity index (χ3v) is 7.71. The minimum atomic E-state index is -5.27. The maximum atomic E-state index is 13.8. The molecule has 0 saturated carbocycles. The zero-order chi connectivity index (χ0) is 26.0. The minimum Gasteiger partial charge on any atom is -0.243 e. The number of thiazole rings is 1. The van der Waals surface area contributed by atoms with Gasteiger partial charge in [-0.05, 0) is 37.3 Å². The molecule has 0 N–H and O–H groups in total. The van der Waals surface area contributed by atoms with Gasteiger partial charge in [0.05, 0.1) is 22.5 Å². The molecule has 0 amide bonds. The normalized spacial score (nSPS) is 15.4. The fraction of sp³-hybridized carbons (Fsp3) is 0.190. The van der Waals surface area contributed by atoms with Crippen LogP contribution in [0.1, 0.15) is 22.4 Å². The molecule has 0 saturated heterocycles. The third kappa shape index (κ3) is 4.11. The molecule has 3 aromatic heterocycles.